The number of amides is 1. The fraction of sp³-hybridized carbons (Fsp3) is 0.267. The maximum Gasteiger partial charge on any atom is 0.339 e. The molecule has 0 fully saturated rings. The number of nitrogens with zero attached hydrogens (tertiary/aromatic N) is 2. The number of rotatable bonds is 6. The predicted octanol–water partition coefficient (Wildman–Crippen LogP) is 1.93. The highest BCUT2D eigenvalue weighted by Crippen LogP contribution is 2.23. The van der Waals surface area contributed by atoms with Gasteiger partial charge in [-0.15, -0.1) is 0 Å². The molecule has 7 nitrogen and oxygen atoms in total. The summed E-state index contributed by atoms with van der Waals surface area (Å²) in [5.74, 6) is -1.06. The van der Waals surface area contributed by atoms with E-state index < -0.39 is 5.97 Å². The Morgan fingerprint density at radius 2 is 2.18 bits per heavy atom. The molecule has 2 N–H and O–H groups in total. The van der Waals surface area contributed by atoms with Crippen LogP contribution >= 0.6 is 0 Å². The van der Waals surface area contributed by atoms with Crippen LogP contribution in [0.15, 0.2) is 30.6 Å². The zero-order valence-electron chi connectivity index (χ0n) is 12.4. The number of anilines is 1. The van der Waals surface area contributed by atoms with Crippen molar-refractivity contribution in [3.8, 4) is 5.75 Å². The number of nitrogens with one attached hydrogen (secondary N) is 1. The number of carboxylic acids is 1. The number of carboxylic acid groups (broad SMARTS) is 1. The molecule has 2 aromatic rings. The van der Waals surface area contributed by atoms with Crippen molar-refractivity contribution in [1.29, 1.82) is 0 Å². The summed E-state index contributed by atoms with van der Waals surface area (Å²) in [6.07, 6.45) is 3.86. The molecule has 0 saturated heterocycles. The summed E-state index contributed by atoms with van der Waals surface area (Å²) in [7, 11) is 1.38. The largest absolute Gasteiger partial charge is 0.496 e. The molecule has 0 aliphatic rings. The maximum atomic E-state index is 11.9. The first-order chi connectivity index (χ1) is 10.5. The van der Waals surface area contributed by atoms with E-state index in [2.05, 4.69) is 10.4 Å². The smallest absolute Gasteiger partial charge is 0.339 e. The van der Waals surface area contributed by atoms with Gasteiger partial charge in [0, 0.05) is 30.9 Å². The molecular formula is C15H17N3O4. The van der Waals surface area contributed by atoms with Gasteiger partial charge in [0.05, 0.1) is 13.3 Å². The van der Waals surface area contributed by atoms with Gasteiger partial charge in [-0.25, -0.2) is 4.79 Å². The van der Waals surface area contributed by atoms with Gasteiger partial charge in [-0.05, 0) is 24.6 Å². The average Bonchev–Trinajstić information content (AvgIpc) is 2.90. The molecule has 1 heterocycles. The number of hydrogen-bond donors (Lipinski definition) is 2. The molecular weight excluding hydrogens is 286 g/mol. The van der Waals surface area contributed by atoms with E-state index in [1.807, 2.05) is 13.1 Å². The lowest BCUT2D eigenvalue weighted by Crippen LogP contribution is -2.15. The minimum atomic E-state index is -1.08. The van der Waals surface area contributed by atoms with Crippen molar-refractivity contribution < 1.29 is 19.4 Å². The van der Waals surface area contributed by atoms with Crippen LogP contribution in [0.4, 0.5) is 5.69 Å². The summed E-state index contributed by atoms with van der Waals surface area (Å²) in [6, 6.07) is 4.41. The number of benzene rings is 1. The Labute approximate surface area is 127 Å². The molecule has 0 spiro atoms. The molecule has 0 aliphatic carbocycles. The minimum Gasteiger partial charge on any atom is -0.496 e. The number of ether oxygens (including phenoxy) is 1. The third kappa shape index (κ3) is 3.85. The number of methoxy groups -OCH3 is 1. The molecule has 2 rings (SSSR count). The molecule has 0 bridgehead atoms. The fourth-order valence-corrected chi connectivity index (χ4v) is 1.97. The lowest BCUT2D eigenvalue weighted by Gasteiger charge is -2.09. The number of carbonyl (C=O) groups is 2. The Balaban J connectivity index is 1.97. The highest BCUT2D eigenvalue weighted by molar-refractivity contribution is 5.94. The summed E-state index contributed by atoms with van der Waals surface area (Å²) in [5, 5.41) is 15.8. The third-order valence-electron chi connectivity index (χ3n) is 3.05. The van der Waals surface area contributed by atoms with Crippen LogP contribution in [0.5, 0.6) is 5.75 Å². The molecule has 1 aromatic carbocycles. The van der Waals surface area contributed by atoms with Gasteiger partial charge in [0.25, 0.3) is 0 Å². The van der Waals surface area contributed by atoms with Crippen LogP contribution in [0.25, 0.3) is 0 Å². The SMILES string of the molecule is COc1cc(NC(=O)CCn2cc(C)cn2)ccc1C(=O)O. The Morgan fingerprint density at radius 1 is 1.41 bits per heavy atom. The number of aromatic carboxylic acids is 1. The van der Waals surface area contributed by atoms with Crippen molar-refractivity contribution >= 4 is 17.6 Å². The molecule has 7 heteroatoms. The molecule has 1 aromatic heterocycles. The van der Waals surface area contributed by atoms with Crippen molar-refractivity contribution in [3.05, 3.63) is 41.7 Å². The molecule has 0 atom stereocenters. The summed E-state index contributed by atoms with van der Waals surface area (Å²) < 4.78 is 6.71. The van der Waals surface area contributed by atoms with Crippen molar-refractivity contribution in [3.63, 3.8) is 0 Å². The highest BCUT2D eigenvalue weighted by Gasteiger charge is 2.12. The summed E-state index contributed by atoms with van der Waals surface area (Å²) in [4.78, 5) is 22.9. The van der Waals surface area contributed by atoms with E-state index in [0.29, 0.717) is 12.2 Å². The van der Waals surface area contributed by atoms with Crippen molar-refractivity contribution in [2.24, 2.45) is 0 Å². The quantitative estimate of drug-likeness (QED) is 0.850. The topological polar surface area (TPSA) is 93.5 Å². The van der Waals surface area contributed by atoms with E-state index >= 15 is 0 Å². The normalized spacial score (nSPS) is 10.3. The van der Waals surface area contributed by atoms with Crippen molar-refractivity contribution in [2.75, 3.05) is 12.4 Å². The second-order valence-electron chi connectivity index (χ2n) is 4.80. The number of aromatic nitrogens is 2. The standard InChI is InChI=1S/C15H17N3O4/c1-10-8-16-18(9-10)6-5-14(19)17-11-3-4-12(15(20)21)13(7-11)22-2/h3-4,7-9H,5-6H2,1-2H3,(H,17,19)(H,20,21). The average molecular weight is 303 g/mol. The van der Waals surface area contributed by atoms with E-state index in [4.69, 9.17) is 9.84 Å². The van der Waals surface area contributed by atoms with Crippen LogP contribution in [0.3, 0.4) is 0 Å². The summed E-state index contributed by atoms with van der Waals surface area (Å²) in [5.41, 5.74) is 1.57. The zero-order chi connectivity index (χ0) is 16.1. The minimum absolute atomic E-state index is 0.0486. The van der Waals surface area contributed by atoms with Gasteiger partial charge in [0.15, 0.2) is 0 Å². The van der Waals surface area contributed by atoms with E-state index in [1.165, 1.54) is 25.3 Å². The fourth-order valence-electron chi connectivity index (χ4n) is 1.97. The first-order valence-electron chi connectivity index (χ1n) is 6.70. The van der Waals surface area contributed by atoms with Gasteiger partial charge >= 0.3 is 5.97 Å². The van der Waals surface area contributed by atoms with Crippen LogP contribution in [-0.4, -0.2) is 33.9 Å². The Hall–Kier alpha value is -2.83. The van der Waals surface area contributed by atoms with Gasteiger partial charge in [-0.3, -0.25) is 9.48 Å². The zero-order valence-corrected chi connectivity index (χ0v) is 12.4. The number of aryl methyl sites for hydroxylation is 2. The van der Waals surface area contributed by atoms with Gasteiger partial charge in [-0.1, -0.05) is 0 Å². The van der Waals surface area contributed by atoms with E-state index in [-0.39, 0.29) is 23.6 Å². The van der Waals surface area contributed by atoms with Gasteiger partial charge in [0.1, 0.15) is 11.3 Å². The summed E-state index contributed by atoms with van der Waals surface area (Å²) >= 11 is 0. The molecule has 22 heavy (non-hydrogen) atoms. The Kier molecular flexibility index (Phi) is 4.77. The molecule has 0 aliphatic heterocycles. The van der Waals surface area contributed by atoms with Crippen LogP contribution in [0.2, 0.25) is 0 Å². The molecule has 1 amide bonds. The van der Waals surface area contributed by atoms with E-state index in [1.54, 1.807) is 10.9 Å². The third-order valence-corrected chi connectivity index (χ3v) is 3.05. The maximum absolute atomic E-state index is 11.9. The lowest BCUT2D eigenvalue weighted by molar-refractivity contribution is -0.116. The number of carbonyl (C=O) groups excluding carboxylic acids is 1. The Bertz CT molecular complexity index is 694. The Morgan fingerprint density at radius 3 is 2.77 bits per heavy atom. The van der Waals surface area contributed by atoms with Gasteiger partial charge in [-0.2, -0.15) is 5.10 Å². The molecule has 116 valence electrons. The van der Waals surface area contributed by atoms with Gasteiger partial charge < -0.3 is 15.2 Å². The second-order valence-corrected chi connectivity index (χ2v) is 4.80. The number of hydrogen-bond acceptors (Lipinski definition) is 4. The van der Waals surface area contributed by atoms with Crippen LogP contribution < -0.4 is 10.1 Å². The predicted molar refractivity (Wildman–Crippen MR) is 80.2 cm³/mol. The van der Waals surface area contributed by atoms with Crippen LogP contribution in [0, 0.1) is 6.92 Å². The molecule has 0 unspecified atom stereocenters. The summed E-state index contributed by atoms with van der Waals surface area (Å²) in [6.45, 7) is 2.41. The van der Waals surface area contributed by atoms with E-state index in [9.17, 15) is 9.59 Å². The molecule has 0 radical (unpaired) electrons. The monoisotopic (exact) mass is 303 g/mol. The van der Waals surface area contributed by atoms with Crippen LogP contribution in [0.1, 0.15) is 22.3 Å². The second kappa shape index (κ2) is 6.75. The lowest BCUT2D eigenvalue weighted by atomic mass is 10.2. The van der Waals surface area contributed by atoms with E-state index in [0.717, 1.165) is 5.56 Å². The first kappa shape index (κ1) is 15.6. The molecule has 0 saturated carbocycles. The van der Waals surface area contributed by atoms with Crippen molar-refractivity contribution in [1.82, 2.24) is 9.78 Å². The first-order valence-corrected chi connectivity index (χ1v) is 6.70. The van der Waals surface area contributed by atoms with Crippen molar-refractivity contribution in [2.45, 2.75) is 19.9 Å². The highest BCUT2D eigenvalue weighted by atomic mass is 16.5. The van der Waals surface area contributed by atoms with Gasteiger partial charge in [0.2, 0.25) is 5.91 Å². The van der Waals surface area contributed by atoms with Crippen LogP contribution in [-0.2, 0) is 11.3 Å².